The van der Waals surface area contributed by atoms with Gasteiger partial charge in [0, 0.05) is 12.6 Å². The first-order valence-electron chi connectivity index (χ1n) is 8.06. The highest BCUT2D eigenvalue weighted by Gasteiger charge is 2.32. The number of rotatable bonds is 7. The van der Waals surface area contributed by atoms with E-state index in [1.165, 1.54) is 11.0 Å². The highest BCUT2D eigenvalue weighted by molar-refractivity contribution is 5.94. The van der Waals surface area contributed by atoms with Gasteiger partial charge in [-0.1, -0.05) is 25.5 Å². The number of amides is 1. The van der Waals surface area contributed by atoms with Crippen LogP contribution in [-0.4, -0.2) is 41.1 Å². The van der Waals surface area contributed by atoms with Crippen LogP contribution in [0.5, 0.6) is 5.75 Å². The molecule has 23 heavy (non-hydrogen) atoms. The van der Waals surface area contributed by atoms with E-state index in [1.807, 2.05) is 24.3 Å². The lowest BCUT2D eigenvalue weighted by molar-refractivity contribution is -0.146. The van der Waals surface area contributed by atoms with Crippen LogP contribution in [0.25, 0.3) is 6.08 Å². The summed E-state index contributed by atoms with van der Waals surface area (Å²) in [7, 11) is 0. The van der Waals surface area contributed by atoms with Crippen molar-refractivity contribution in [1.29, 1.82) is 0 Å². The maximum Gasteiger partial charge on any atom is 0.326 e. The van der Waals surface area contributed by atoms with Crippen molar-refractivity contribution >= 4 is 18.0 Å². The Balaban J connectivity index is 1.91. The molecule has 1 fully saturated rings. The van der Waals surface area contributed by atoms with Crippen LogP contribution in [0, 0.1) is 0 Å². The second kappa shape index (κ2) is 8.36. The molecule has 1 aromatic rings. The summed E-state index contributed by atoms with van der Waals surface area (Å²) in [6, 6.07) is 6.81. The van der Waals surface area contributed by atoms with Crippen molar-refractivity contribution < 1.29 is 19.4 Å². The van der Waals surface area contributed by atoms with Crippen molar-refractivity contribution in [2.45, 2.75) is 38.6 Å². The normalized spacial score (nSPS) is 17.6. The van der Waals surface area contributed by atoms with E-state index in [-0.39, 0.29) is 5.91 Å². The van der Waals surface area contributed by atoms with Crippen LogP contribution in [0.3, 0.4) is 0 Å². The van der Waals surface area contributed by atoms with Gasteiger partial charge >= 0.3 is 5.97 Å². The number of ether oxygens (including phenoxy) is 1. The molecule has 1 aliphatic heterocycles. The van der Waals surface area contributed by atoms with Gasteiger partial charge in [0.15, 0.2) is 0 Å². The van der Waals surface area contributed by atoms with E-state index >= 15 is 0 Å². The molecule has 5 nitrogen and oxygen atoms in total. The Morgan fingerprint density at radius 1 is 1.35 bits per heavy atom. The lowest BCUT2D eigenvalue weighted by Crippen LogP contribution is -2.39. The molecule has 1 heterocycles. The zero-order valence-electron chi connectivity index (χ0n) is 13.4. The van der Waals surface area contributed by atoms with Crippen molar-refractivity contribution in [3.63, 3.8) is 0 Å². The number of likely N-dealkylation sites (tertiary alicyclic amines) is 1. The summed E-state index contributed by atoms with van der Waals surface area (Å²) in [4.78, 5) is 24.6. The highest BCUT2D eigenvalue weighted by Crippen LogP contribution is 2.18. The highest BCUT2D eigenvalue weighted by atomic mass is 16.5. The molecule has 124 valence electrons. The monoisotopic (exact) mass is 317 g/mol. The Morgan fingerprint density at radius 2 is 2.09 bits per heavy atom. The first-order chi connectivity index (χ1) is 11.1. The van der Waals surface area contributed by atoms with Crippen LogP contribution in [0.2, 0.25) is 0 Å². The molecule has 1 unspecified atom stereocenters. The SMILES string of the molecule is CCCCOc1ccc(/C=C/C(=O)N2CCCC2C(=O)O)cc1. The minimum Gasteiger partial charge on any atom is -0.494 e. The van der Waals surface area contributed by atoms with Gasteiger partial charge in [0.05, 0.1) is 6.61 Å². The maximum atomic E-state index is 12.1. The number of aliphatic carboxylic acids is 1. The molecule has 1 amide bonds. The van der Waals surface area contributed by atoms with E-state index in [0.717, 1.165) is 30.6 Å². The van der Waals surface area contributed by atoms with Gasteiger partial charge in [-0.3, -0.25) is 4.79 Å². The molecule has 1 saturated heterocycles. The maximum absolute atomic E-state index is 12.1. The number of hydrogen-bond acceptors (Lipinski definition) is 3. The number of carbonyl (C=O) groups is 2. The topological polar surface area (TPSA) is 66.8 Å². The molecule has 1 N–H and O–H groups in total. The van der Waals surface area contributed by atoms with Crippen molar-refractivity contribution in [2.24, 2.45) is 0 Å². The van der Waals surface area contributed by atoms with Gasteiger partial charge in [0.1, 0.15) is 11.8 Å². The standard InChI is InChI=1S/C18H23NO4/c1-2-3-13-23-15-9-6-14(7-10-15)8-11-17(20)19-12-4-5-16(19)18(21)22/h6-11,16H,2-5,12-13H2,1H3,(H,21,22)/b11-8+. The van der Waals surface area contributed by atoms with E-state index in [1.54, 1.807) is 6.08 Å². The molecule has 0 aliphatic carbocycles. The van der Waals surface area contributed by atoms with Gasteiger partial charge in [0.2, 0.25) is 5.91 Å². The summed E-state index contributed by atoms with van der Waals surface area (Å²) < 4.78 is 5.58. The molecule has 0 radical (unpaired) electrons. The van der Waals surface area contributed by atoms with Crippen LogP contribution >= 0.6 is 0 Å². The number of carboxylic acids is 1. The predicted molar refractivity (Wildman–Crippen MR) is 88.2 cm³/mol. The molecule has 0 aromatic heterocycles. The Morgan fingerprint density at radius 3 is 2.74 bits per heavy atom. The number of unbranched alkanes of at least 4 members (excludes halogenated alkanes) is 1. The minimum absolute atomic E-state index is 0.252. The van der Waals surface area contributed by atoms with Gasteiger partial charge in [-0.05, 0) is 43.0 Å². The summed E-state index contributed by atoms with van der Waals surface area (Å²) in [5.41, 5.74) is 0.882. The second-order valence-electron chi connectivity index (χ2n) is 5.63. The lowest BCUT2D eigenvalue weighted by Gasteiger charge is -2.19. The van der Waals surface area contributed by atoms with Crippen molar-refractivity contribution in [3.05, 3.63) is 35.9 Å². The fourth-order valence-electron chi connectivity index (χ4n) is 2.56. The zero-order chi connectivity index (χ0) is 16.7. The van der Waals surface area contributed by atoms with Crippen LogP contribution in [0.15, 0.2) is 30.3 Å². The molecule has 2 rings (SSSR count). The Labute approximate surface area is 136 Å². The third-order valence-electron chi connectivity index (χ3n) is 3.89. The van der Waals surface area contributed by atoms with E-state index < -0.39 is 12.0 Å². The number of benzene rings is 1. The minimum atomic E-state index is -0.933. The zero-order valence-corrected chi connectivity index (χ0v) is 13.4. The second-order valence-corrected chi connectivity index (χ2v) is 5.63. The molecule has 1 aliphatic rings. The molecular weight excluding hydrogens is 294 g/mol. The first kappa shape index (κ1) is 17.1. The van der Waals surface area contributed by atoms with Gasteiger partial charge in [-0.25, -0.2) is 4.79 Å². The third kappa shape index (κ3) is 4.84. The number of carboxylic acid groups (broad SMARTS) is 1. The fraction of sp³-hybridized carbons (Fsp3) is 0.444. The summed E-state index contributed by atoms with van der Waals surface area (Å²) in [5, 5.41) is 9.11. The number of nitrogens with zero attached hydrogens (tertiary/aromatic N) is 1. The molecule has 0 spiro atoms. The fourth-order valence-corrected chi connectivity index (χ4v) is 2.56. The van der Waals surface area contributed by atoms with E-state index in [9.17, 15) is 9.59 Å². The molecular formula is C18H23NO4. The molecule has 5 heteroatoms. The molecule has 1 aromatic carbocycles. The lowest BCUT2D eigenvalue weighted by atomic mass is 10.2. The Hall–Kier alpha value is -2.30. The van der Waals surface area contributed by atoms with Crippen LogP contribution in [-0.2, 0) is 9.59 Å². The Kier molecular flexibility index (Phi) is 6.20. The van der Waals surface area contributed by atoms with E-state index in [4.69, 9.17) is 9.84 Å². The van der Waals surface area contributed by atoms with Crippen LogP contribution in [0.1, 0.15) is 38.2 Å². The average Bonchev–Trinajstić information content (AvgIpc) is 3.04. The third-order valence-corrected chi connectivity index (χ3v) is 3.89. The van der Waals surface area contributed by atoms with Crippen molar-refractivity contribution in [2.75, 3.05) is 13.2 Å². The molecule has 0 saturated carbocycles. The van der Waals surface area contributed by atoms with Gasteiger partial charge in [0.25, 0.3) is 0 Å². The van der Waals surface area contributed by atoms with Crippen LogP contribution < -0.4 is 4.74 Å². The average molecular weight is 317 g/mol. The number of hydrogen-bond donors (Lipinski definition) is 1. The summed E-state index contributed by atoms with van der Waals surface area (Å²) in [6.45, 7) is 3.32. The van der Waals surface area contributed by atoms with Crippen LogP contribution in [0.4, 0.5) is 0 Å². The largest absolute Gasteiger partial charge is 0.494 e. The van der Waals surface area contributed by atoms with E-state index in [0.29, 0.717) is 19.6 Å². The predicted octanol–water partition coefficient (Wildman–Crippen LogP) is 2.95. The van der Waals surface area contributed by atoms with Gasteiger partial charge in [-0.2, -0.15) is 0 Å². The van der Waals surface area contributed by atoms with Gasteiger partial charge < -0.3 is 14.7 Å². The van der Waals surface area contributed by atoms with E-state index in [2.05, 4.69) is 6.92 Å². The Bertz CT molecular complexity index is 565. The quantitative estimate of drug-likeness (QED) is 0.620. The van der Waals surface area contributed by atoms with Crippen molar-refractivity contribution in [3.8, 4) is 5.75 Å². The summed E-state index contributed by atoms with van der Waals surface area (Å²) in [5.74, 6) is -0.372. The number of carbonyl (C=O) groups excluding carboxylic acids is 1. The van der Waals surface area contributed by atoms with Crippen molar-refractivity contribution in [1.82, 2.24) is 4.90 Å². The molecule has 1 atom stereocenters. The molecule has 0 bridgehead atoms. The summed E-state index contributed by atoms with van der Waals surface area (Å²) in [6.07, 6.45) is 6.52. The van der Waals surface area contributed by atoms with Gasteiger partial charge in [-0.15, -0.1) is 0 Å². The summed E-state index contributed by atoms with van der Waals surface area (Å²) >= 11 is 0. The first-order valence-corrected chi connectivity index (χ1v) is 8.06. The smallest absolute Gasteiger partial charge is 0.326 e.